The number of nitrogens with zero attached hydrogens (tertiary/aromatic N) is 6. The Kier molecular flexibility index (Phi) is 5.59. The molecule has 0 unspecified atom stereocenters. The Bertz CT molecular complexity index is 604. The van der Waals surface area contributed by atoms with Crippen LogP contribution in [0.3, 0.4) is 0 Å². The minimum absolute atomic E-state index is 0.304. The van der Waals surface area contributed by atoms with E-state index in [2.05, 4.69) is 31.0 Å². The zero-order valence-corrected chi connectivity index (χ0v) is 11.8. The van der Waals surface area contributed by atoms with Crippen molar-refractivity contribution in [1.82, 2.24) is 20.4 Å². The van der Waals surface area contributed by atoms with Crippen LogP contribution in [-0.2, 0) is 0 Å². The first-order chi connectivity index (χ1) is 10.8. The zero-order valence-electron chi connectivity index (χ0n) is 11.8. The standard InChI is InChI=1S/C14H14N8/c15-9-11-3-5-13(21-19-11)17-7-1-2-8-18-14-6-4-12(10-16)20-22-14/h3-6H,1-2,7-8H2,(H,17,21)(H,18,22). The van der Waals surface area contributed by atoms with Crippen LogP contribution in [0.15, 0.2) is 24.3 Å². The molecule has 0 amide bonds. The van der Waals surface area contributed by atoms with E-state index in [4.69, 9.17) is 10.5 Å². The lowest BCUT2D eigenvalue weighted by Crippen LogP contribution is -2.08. The minimum atomic E-state index is 0.304. The van der Waals surface area contributed by atoms with E-state index < -0.39 is 0 Å². The molecule has 0 atom stereocenters. The van der Waals surface area contributed by atoms with Gasteiger partial charge in [0.1, 0.15) is 23.8 Å². The average Bonchev–Trinajstić information content (AvgIpc) is 2.59. The lowest BCUT2D eigenvalue weighted by atomic mass is 10.3. The van der Waals surface area contributed by atoms with Crippen molar-refractivity contribution in [1.29, 1.82) is 10.5 Å². The van der Waals surface area contributed by atoms with Gasteiger partial charge in [-0.2, -0.15) is 10.5 Å². The third kappa shape index (κ3) is 4.69. The number of hydrogen-bond acceptors (Lipinski definition) is 8. The molecule has 110 valence electrons. The molecule has 2 N–H and O–H groups in total. The van der Waals surface area contributed by atoms with E-state index in [0.29, 0.717) is 23.0 Å². The van der Waals surface area contributed by atoms with Gasteiger partial charge in [-0.3, -0.25) is 0 Å². The molecular formula is C14H14N8. The molecule has 0 aliphatic carbocycles. The first-order valence-corrected chi connectivity index (χ1v) is 6.77. The highest BCUT2D eigenvalue weighted by Gasteiger charge is 1.98. The highest BCUT2D eigenvalue weighted by Crippen LogP contribution is 2.03. The third-order valence-corrected chi connectivity index (χ3v) is 2.77. The van der Waals surface area contributed by atoms with Crippen molar-refractivity contribution >= 4 is 11.6 Å². The zero-order chi connectivity index (χ0) is 15.6. The number of hydrogen-bond donors (Lipinski definition) is 2. The van der Waals surface area contributed by atoms with E-state index in [9.17, 15) is 0 Å². The van der Waals surface area contributed by atoms with Crippen molar-refractivity contribution < 1.29 is 0 Å². The van der Waals surface area contributed by atoms with E-state index >= 15 is 0 Å². The number of unbranched alkanes of at least 4 members (excludes halogenated alkanes) is 1. The van der Waals surface area contributed by atoms with Crippen LogP contribution in [0.2, 0.25) is 0 Å². The number of nitriles is 2. The molecule has 0 aliphatic rings. The van der Waals surface area contributed by atoms with E-state index in [-0.39, 0.29) is 0 Å². The van der Waals surface area contributed by atoms with Gasteiger partial charge >= 0.3 is 0 Å². The topological polar surface area (TPSA) is 123 Å². The molecule has 22 heavy (non-hydrogen) atoms. The van der Waals surface area contributed by atoms with Gasteiger partial charge in [0.05, 0.1) is 0 Å². The summed E-state index contributed by atoms with van der Waals surface area (Å²) in [6.07, 6.45) is 1.89. The van der Waals surface area contributed by atoms with Crippen LogP contribution in [0.5, 0.6) is 0 Å². The largest absolute Gasteiger partial charge is 0.369 e. The van der Waals surface area contributed by atoms with Crippen LogP contribution < -0.4 is 10.6 Å². The van der Waals surface area contributed by atoms with E-state index in [1.165, 1.54) is 0 Å². The van der Waals surface area contributed by atoms with Gasteiger partial charge in [0.2, 0.25) is 0 Å². The molecule has 2 heterocycles. The van der Waals surface area contributed by atoms with Crippen LogP contribution in [0.1, 0.15) is 24.2 Å². The van der Waals surface area contributed by atoms with Gasteiger partial charge < -0.3 is 10.6 Å². The molecule has 2 aromatic rings. The van der Waals surface area contributed by atoms with Crippen molar-refractivity contribution in [2.75, 3.05) is 23.7 Å². The van der Waals surface area contributed by atoms with Crippen molar-refractivity contribution in [2.45, 2.75) is 12.8 Å². The second-order valence-electron chi connectivity index (χ2n) is 4.39. The predicted octanol–water partition coefficient (Wildman–Crippen LogP) is 1.31. The first kappa shape index (κ1) is 15.1. The molecule has 0 aromatic carbocycles. The quantitative estimate of drug-likeness (QED) is 0.733. The van der Waals surface area contributed by atoms with E-state index in [1.807, 2.05) is 12.1 Å². The third-order valence-electron chi connectivity index (χ3n) is 2.77. The van der Waals surface area contributed by atoms with Crippen molar-refractivity contribution in [2.24, 2.45) is 0 Å². The predicted molar refractivity (Wildman–Crippen MR) is 79.7 cm³/mol. The smallest absolute Gasteiger partial charge is 0.163 e. The molecule has 0 radical (unpaired) electrons. The van der Waals surface area contributed by atoms with Crippen LogP contribution >= 0.6 is 0 Å². The fourth-order valence-electron chi connectivity index (χ4n) is 1.66. The van der Waals surface area contributed by atoms with Crippen LogP contribution in [0.25, 0.3) is 0 Å². The SMILES string of the molecule is N#Cc1ccc(NCCCCNc2ccc(C#N)nn2)nn1. The van der Waals surface area contributed by atoms with Gasteiger partial charge in [0.25, 0.3) is 0 Å². The Morgan fingerprint density at radius 2 is 1.18 bits per heavy atom. The fraction of sp³-hybridized carbons (Fsp3) is 0.286. The molecule has 2 rings (SSSR count). The summed E-state index contributed by atoms with van der Waals surface area (Å²) in [6, 6.07) is 10.6. The second-order valence-corrected chi connectivity index (χ2v) is 4.39. The second kappa shape index (κ2) is 8.12. The molecule has 0 spiro atoms. The van der Waals surface area contributed by atoms with Gasteiger partial charge in [-0.05, 0) is 37.1 Å². The molecule has 8 nitrogen and oxygen atoms in total. The highest BCUT2D eigenvalue weighted by molar-refractivity contribution is 5.36. The molecule has 2 aromatic heterocycles. The van der Waals surface area contributed by atoms with E-state index in [1.54, 1.807) is 24.3 Å². The highest BCUT2D eigenvalue weighted by atomic mass is 15.2. The lowest BCUT2D eigenvalue weighted by Gasteiger charge is -2.06. The molecule has 0 aliphatic heterocycles. The monoisotopic (exact) mass is 294 g/mol. The summed E-state index contributed by atoms with van der Waals surface area (Å²) in [7, 11) is 0. The van der Waals surface area contributed by atoms with Gasteiger partial charge in [-0.25, -0.2) is 0 Å². The molecule has 0 fully saturated rings. The van der Waals surface area contributed by atoms with Gasteiger partial charge in [0, 0.05) is 13.1 Å². The number of rotatable bonds is 7. The Morgan fingerprint density at radius 1 is 0.727 bits per heavy atom. The number of aromatic nitrogens is 4. The summed E-state index contributed by atoms with van der Waals surface area (Å²) >= 11 is 0. The molecule has 0 saturated heterocycles. The molecule has 0 bridgehead atoms. The Hall–Kier alpha value is -3.26. The average molecular weight is 294 g/mol. The number of nitrogens with one attached hydrogen (secondary N) is 2. The molecular weight excluding hydrogens is 280 g/mol. The van der Waals surface area contributed by atoms with Gasteiger partial charge in [-0.15, -0.1) is 20.4 Å². The lowest BCUT2D eigenvalue weighted by molar-refractivity contribution is 0.786. The number of anilines is 2. The maximum absolute atomic E-state index is 8.62. The first-order valence-electron chi connectivity index (χ1n) is 6.77. The maximum atomic E-state index is 8.62. The Labute approximate surface area is 127 Å². The molecule has 8 heteroatoms. The fourth-order valence-corrected chi connectivity index (χ4v) is 1.66. The summed E-state index contributed by atoms with van der Waals surface area (Å²) in [5, 5.41) is 38.8. The minimum Gasteiger partial charge on any atom is -0.369 e. The van der Waals surface area contributed by atoms with Crippen LogP contribution in [0.4, 0.5) is 11.6 Å². The van der Waals surface area contributed by atoms with Gasteiger partial charge in [-0.1, -0.05) is 0 Å². The van der Waals surface area contributed by atoms with Crippen LogP contribution in [0, 0.1) is 22.7 Å². The maximum Gasteiger partial charge on any atom is 0.163 e. The summed E-state index contributed by atoms with van der Waals surface area (Å²) in [6.45, 7) is 1.53. The van der Waals surface area contributed by atoms with E-state index in [0.717, 1.165) is 25.9 Å². The normalized spacial score (nSPS) is 9.55. The van der Waals surface area contributed by atoms with Crippen LogP contribution in [-0.4, -0.2) is 33.5 Å². The van der Waals surface area contributed by atoms with Crippen molar-refractivity contribution in [3.05, 3.63) is 35.7 Å². The summed E-state index contributed by atoms with van der Waals surface area (Å²) in [4.78, 5) is 0. The Morgan fingerprint density at radius 3 is 1.50 bits per heavy atom. The Balaban J connectivity index is 1.60. The van der Waals surface area contributed by atoms with Crippen molar-refractivity contribution in [3.63, 3.8) is 0 Å². The summed E-state index contributed by atoms with van der Waals surface area (Å²) < 4.78 is 0. The molecule has 0 saturated carbocycles. The van der Waals surface area contributed by atoms with Crippen molar-refractivity contribution in [3.8, 4) is 12.1 Å². The van der Waals surface area contributed by atoms with Gasteiger partial charge in [0.15, 0.2) is 11.4 Å². The summed E-state index contributed by atoms with van der Waals surface area (Å²) in [5.41, 5.74) is 0.608. The summed E-state index contributed by atoms with van der Waals surface area (Å²) in [5.74, 6) is 1.31.